The second kappa shape index (κ2) is 16.1. The van der Waals surface area contributed by atoms with Crippen molar-refractivity contribution in [2.75, 3.05) is 0 Å². The maximum absolute atomic E-state index is 5.58. The number of aromatic nitrogens is 6. The molecule has 14 rings (SSSR count). The van der Waals surface area contributed by atoms with E-state index in [0.717, 1.165) is 77.6 Å². The summed E-state index contributed by atoms with van der Waals surface area (Å²) in [6.07, 6.45) is 0. The van der Waals surface area contributed by atoms with Crippen LogP contribution in [0.15, 0.2) is 243 Å². The maximum atomic E-state index is 5.58. The van der Waals surface area contributed by atoms with E-state index in [0.29, 0.717) is 17.5 Å². The Morgan fingerprint density at radius 1 is 0.243 bits per heavy atom. The van der Waals surface area contributed by atoms with Crippen LogP contribution in [-0.2, 0) is 0 Å². The quantitative estimate of drug-likeness (QED) is 0.150. The minimum atomic E-state index is 0.605. The molecule has 6 heteroatoms. The van der Waals surface area contributed by atoms with Crippen molar-refractivity contribution in [2.45, 2.75) is 0 Å². The Morgan fingerprint density at radius 2 is 0.671 bits per heavy atom. The predicted octanol–water partition coefficient (Wildman–Crippen LogP) is 16.1. The molecule has 0 aliphatic carbocycles. The van der Waals surface area contributed by atoms with Gasteiger partial charge in [0, 0.05) is 71.5 Å². The fourth-order valence-corrected chi connectivity index (χ4v) is 10.5. The number of para-hydroxylation sites is 5. The van der Waals surface area contributed by atoms with Gasteiger partial charge in [-0.1, -0.05) is 176 Å². The topological polar surface area (TPSA) is 61.4 Å². The molecule has 6 nitrogen and oxygen atoms in total. The summed E-state index contributed by atoms with van der Waals surface area (Å²) in [4.78, 5) is 20.9. The van der Waals surface area contributed by atoms with Gasteiger partial charge in [0.25, 0.3) is 0 Å². The Kier molecular flexibility index (Phi) is 9.10. The van der Waals surface area contributed by atoms with Crippen LogP contribution in [0.1, 0.15) is 0 Å². The molecule has 4 heterocycles. The van der Waals surface area contributed by atoms with Crippen molar-refractivity contribution in [3.05, 3.63) is 243 Å². The highest BCUT2D eigenvalue weighted by Crippen LogP contribution is 2.42. The molecule has 0 spiro atoms. The van der Waals surface area contributed by atoms with Gasteiger partial charge in [0.2, 0.25) is 0 Å². The molecule has 0 saturated carbocycles. The minimum Gasteiger partial charge on any atom is -0.309 e. The summed E-state index contributed by atoms with van der Waals surface area (Å²) in [5.74, 6) is 1.84. The largest absolute Gasteiger partial charge is 0.309 e. The van der Waals surface area contributed by atoms with E-state index < -0.39 is 0 Å². The summed E-state index contributed by atoms with van der Waals surface area (Å²) in [5, 5.41) is 8.25. The zero-order valence-corrected chi connectivity index (χ0v) is 37.8. The lowest BCUT2D eigenvalue weighted by atomic mass is 9.94. The third-order valence-electron chi connectivity index (χ3n) is 13.8. The third-order valence-corrected chi connectivity index (χ3v) is 13.8. The van der Waals surface area contributed by atoms with Gasteiger partial charge in [0.15, 0.2) is 17.5 Å². The molecule has 10 aromatic carbocycles. The van der Waals surface area contributed by atoms with Crippen LogP contribution in [0, 0.1) is 0 Å². The van der Waals surface area contributed by atoms with Crippen molar-refractivity contribution >= 4 is 65.3 Å². The van der Waals surface area contributed by atoms with Gasteiger partial charge in [0.05, 0.1) is 33.3 Å². The fraction of sp³-hybridized carbons (Fsp3) is 0. The number of hydrogen-bond donors (Lipinski definition) is 0. The molecule has 326 valence electrons. The van der Waals surface area contributed by atoms with Crippen molar-refractivity contribution in [1.82, 2.24) is 29.1 Å². The Labute approximate surface area is 403 Å². The molecule has 0 radical (unpaired) electrons. The monoisotopic (exact) mass is 892 g/mol. The summed E-state index contributed by atoms with van der Waals surface area (Å²) in [5.41, 5.74) is 14.7. The maximum Gasteiger partial charge on any atom is 0.164 e. The first-order valence-electron chi connectivity index (χ1n) is 23.6. The minimum absolute atomic E-state index is 0.605. The Bertz CT molecular complexity index is 4260. The van der Waals surface area contributed by atoms with Gasteiger partial charge in [-0.15, -0.1) is 0 Å². The SMILES string of the molecule is c1ccc(-c2nc(-c3ccc(-c4cccc5c4nc(-c4ccccc4)c4cc6c7ccccc7n(-c7ccccc7)c6cc45)cc3)nc(-c3ccc(-n4c5ccccc5c5ccccc54)cc3)n2)cc1. The Balaban J connectivity index is 0.897. The number of nitrogens with zero attached hydrogens (tertiary/aromatic N) is 6. The average molecular weight is 893 g/mol. The lowest BCUT2D eigenvalue weighted by Crippen LogP contribution is -2.00. The van der Waals surface area contributed by atoms with Crippen LogP contribution in [0.5, 0.6) is 0 Å². The van der Waals surface area contributed by atoms with E-state index in [9.17, 15) is 0 Å². The van der Waals surface area contributed by atoms with Crippen molar-refractivity contribution in [1.29, 1.82) is 0 Å². The molecule has 0 saturated heterocycles. The summed E-state index contributed by atoms with van der Waals surface area (Å²) in [7, 11) is 0. The van der Waals surface area contributed by atoms with Crippen LogP contribution in [0.2, 0.25) is 0 Å². The number of rotatable bonds is 7. The second-order valence-electron chi connectivity index (χ2n) is 17.8. The van der Waals surface area contributed by atoms with Crippen LogP contribution in [0.3, 0.4) is 0 Å². The molecular weight excluding hydrogens is 853 g/mol. The van der Waals surface area contributed by atoms with Gasteiger partial charge in [-0.05, 0) is 77.7 Å². The van der Waals surface area contributed by atoms with Crippen LogP contribution in [-0.4, -0.2) is 29.1 Å². The van der Waals surface area contributed by atoms with Crippen molar-refractivity contribution in [3.8, 4) is 67.9 Å². The Hall–Kier alpha value is -9.52. The van der Waals surface area contributed by atoms with Gasteiger partial charge < -0.3 is 9.13 Å². The number of pyridine rings is 1. The lowest BCUT2D eigenvalue weighted by Gasteiger charge is -2.15. The first-order chi connectivity index (χ1) is 34.7. The average Bonchev–Trinajstić information content (AvgIpc) is 3.95. The highest BCUT2D eigenvalue weighted by molar-refractivity contribution is 6.21. The second-order valence-corrected chi connectivity index (χ2v) is 17.8. The van der Waals surface area contributed by atoms with Crippen LogP contribution < -0.4 is 0 Å². The molecule has 0 bridgehead atoms. The van der Waals surface area contributed by atoms with Crippen molar-refractivity contribution in [2.24, 2.45) is 0 Å². The highest BCUT2D eigenvalue weighted by atomic mass is 15.0. The van der Waals surface area contributed by atoms with E-state index >= 15 is 0 Å². The summed E-state index contributed by atoms with van der Waals surface area (Å²) in [6, 6.07) is 85.6. The predicted molar refractivity (Wildman–Crippen MR) is 288 cm³/mol. The van der Waals surface area contributed by atoms with Crippen molar-refractivity contribution < 1.29 is 0 Å². The number of hydrogen-bond acceptors (Lipinski definition) is 4. The molecule has 0 N–H and O–H groups in total. The molecule has 70 heavy (non-hydrogen) atoms. The van der Waals surface area contributed by atoms with E-state index in [-0.39, 0.29) is 0 Å². The molecule has 14 aromatic rings. The summed E-state index contributed by atoms with van der Waals surface area (Å²) < 4.78 is 4.71. The van der Waals surface area contributed by atoms with Crippen LogP contribution in [0.25, 0.3) is 133 Å². The van der Waals surface area contributed by atoms with Crippen LogP contribution in [0.4, 0.5) is 0 Å². The molecule has 0 atom stereocenters. The molecule has 0 amide bonds. The normalized spacial score (nSPS) is 11.7. The van der Waals surface area contributed by atoms with Gasteiger partial charge in [-0.3, -0.25) is 0 Å². The first kappa shape index (κ1) is 39.6. The summed E-state index contributed by atoms with van der Waals surface area (Å²) in [6.45, 7) is 0. The Morgan fingerprint density at radius 3 is 1.26 bits per heavy atom. The molecule has 4 aromatic heterocycles. The lowest BCUT2D eigenvalue weighted by molar-refractivity contribution is 1.07. The van der Waals surface area contributed by atoms with E-state index in [4.69, 9.17) is 19.9 Å². The third kappa shape index (κ3) is 6.42. The smallest absolute Gasteiger partial charge is 0.164 e. The van der Waals surface area contributed by atoms with E-state index in [1.54, 1.807) is 0 Å². The van der Waals surface area contributed by atoms with Gasteiger partial charge in [-0.25, -0.2) is 19.9 Å². The fourth-order valence-electron chi connectivity index (χ4n) is 10.5. The van der Waals surface area contributed by atoms with Crippen LogP contribution >= 0.6 is 0 Å². The number of benzene rings is 10. The van der Waals surface area contributed by atoms with Gasteiger partial charge in [0.1, 0.15) is 0 Å². The highest BCUT2D eigenvalue weighted by Gasteiger charge is 2.20. The van der Waals surface area contributed by atoms with E-state index in [2.05, 4.69) is 221 Å². The first-order valence-corrected chi connectivity index (χ1v) is 23.6. The van der Waals surface area contributed by atoms with Gasteiger partial charge >= 0.3 is 0 Å². The van der Waals surface area contributed by atoms with E-state index in [1.807, 2.05) is 30.3 Å². The zero-order chi connectivity index (χ0) is 46.1. The molecule has 0 fully saturated rings. The molecule has 0 unspecified atom stereocenters. The molecule has 0 aliphatic heterocycles. The molecule has 0 aliphatic rings. The molecular formula is C64H40N6. The summed E-state index contributed by atoms with van der Waals surface area (Å²) >= 11 is 0. The van der Waals surface area contributed by atoms with E-state index in [1.165, 1.54) is 38.1 Å². The zero-order valence-electron chi connectivity index (χ0n) is 37.8. The number of fused-ring (bicyclic) bond motifs is 9. The van der Waals surface area contributed by atoms with Crippen molar-refractivity contribution in [3.63, 3.8) is 0 Å². The standard InChI is InChI=1S/C64H40N6/c1-4-17-42(18-5-1)60-55-39-54-51-25-12-15-30-58(51)70(46-21-8-3-9-22-46)59(54)40-53(55)52-27-16-26-48(61(52)65-60)41-31-33-44(34-32-41)63-66-62(43-19-6-2-7-20-43)67-64(68-63)45-35-37-47(38-36-45)69-56-28-13-10-23-49(56)50-24-11-14-29-57(50)69/h1-40H. The van der Waals surface area contributed by atoms with Gasteiger partial charge in [-0.2, -0.15) is 0 Å².